The molecule has 0 spiro atoms. The molecule has 0 saturated heterocycles. The number of amides is 3. The van der Waals surface area contributed by atoms with Crippen molar-refractivity contribution in [3.05, 3.63) is 35.9 Å². The van der Waals surface area contributed by atoms with E-state index in [1.807, 2.05) is 0 Å². The van der Waals surface area contributed by atoms with Crippen molar-refractivity contribution in [1.29, 1.82) is 0 Å². The molecule has 0 aromatic heterocycles. The number of nitrogens with two attached hydrogens (primary N) is 1. The fourth-order valence-corrected chi connectivity index (χ4v) is 2.60. The van der Waals surface area contributed by atoms with Crippen molar-refractivity contribution in [1.82, 2.24) is 16.0 Å². The lowest BCUT2D eigenvalue weighted by molar-refractivity contribution is -0.143. The molecule has 1 aromatic rings. The number of benzene rings is 1. The Hall–Kier alpha value is -2.98. The second-order valence-electron chi connectivity index (χ2n) is 7.35. The first-order chi connectivity index (χ1) is 14.1. The van der Waals surface area contributed by atoms with Crippen LogP contribution >= 0.6 is 0 Å². The quantitative estimate of drug-likeness (QED) is 0.259. The molecule has 30 heavy (non-hydrogen) atoms. The number of carbonyl (C=O) groups excluding carboxylic acids is 3. The highest BCUT2D eigenvalue weighted by Gasteiger charge is 2.30. The van der Waals surface area contributed by atoms with Crippen molar-refractivity contribution in [3.63, 3.8) is 0 Å². The van der Waals surface area contributed by atoms with Crippen molar-refractivity contribution in [3.8, 4) is 0 Å². The van der Waals surface area contributed by atoms with Crippen LogP contribution in [0.25, 0.3) is 0 Å². The van der Waals surface area contributed by atoms with Crippen LogP contribution in [0.3, 0.4) is 0 Å². The van der Waals surface area contributed by atoms with Crippen molar-refractivity contribution in [2.45, 2.75) is 51.4 Å². The number of rotatable bonds is 11. The highest BCUT2D eigenvalue weighted by atomic mass is 16.4. The van der Waals surface area contributed by atoms with E-state index in [9.17, 15) is 29.4 Å². The summed E-state index contributed by atoms with van der Waals surface area (Å²) in [5, 5.41) is 26.0. The fraction of sp³-hybridized carbons (Fsp3) is 0.500. The normalized spacial score (nSPS) is 14.9. The number of aliphatic hydroxyl groups excluding tert-OH is 1. The van der Waals surface area contributed by atoms with E-state index in [1.54, 1.807) is 44.2 Å². The summed E-state index contributed by atoms with van der Waals surface area (Å²) in [5.74, 6) is -3.70. The molecule has 1 rings (SSSR count). The minimum atomic E-state index is -1.31. The van der Waals surface area contributed by atoms with Gasteiger partial charge in [-0.3, -0.25) is 14.4 Å². The number of nitrogens with one attached hydrogen (secondary N) is 3. The zero-order valence-corrected chi connectivity index (χ0v) is 17.3. The Balaban J connectivity index is 3.02. The van der Waals surface area contributed by atoms with Gasteiger partial charge < -0.3 is 31.9 Å². The minimum Gasteiger partial charge on any atom is -0.480 e. The van der Waals surface area contributed by atoms with Crippen LogP contribution in [-0.4, -0.2) is 64.7 Å². The topological polar surface area (TPSA) is 171 Å². The molecule has 0 aliphatic carbocycles. The van der Waals surface area contributed by atoms with Crippen LogP contribution in [0.1, 0.15) is 26.3 Å². The zero-order chi connectivity index (χ0) is 22.8. The summed E-state index contributed by atoms with van der Waals surface area (Å²) in [4.78, 5) is 48.5. The molecule has 166 valence electrons. The van der Waals surface area contributed by atoms with Gasteiger partial charge in [-0.25, -0.2) is 4.79 Å². The van der Waals surface area contributed by atoms with Crippen molar-refractivity contribution < 1.29 is 29.4 Å². The molecule has 0 aliphatic rings. The molecule has 1 aromatic carbocycles. The lowest BCUT2D eigenvalue weighted by Crippen LogP contribution is -2.58. The number of carboxylic acid groups (broad SMARTS) is 1. The molecule has 7 N–H and O–H groups in total. The van der Waals surface area contributed by atoms with E-state index < -0.39 is 54.5 Å². The van der Waals surface area contributed by atoms with E-state index >= 15 is 0 Å². The first-order valence-electron chi connectivity index (χ1n) is 9.61. The lowest BCUT2D eigenvalue weighted by atomic mass is 10.0. The number of aliphatic hydroxyl groups is 1. The van der Waals surface area contributed by atoms with Gasteiger partial charge in [-0.2, -0.15) is 0 Å². The summed E-state index contributed by atoms with van der Waals surface area (Å²) in [5.41, 5.74) is 6.19. The van der Waals surface area contributed by atoms with E-state index in [4.69, 9.17) is 5.73 Å². The van der Waals surface area contributed by atoms with E-state index in [0.717, 1.165) is 5.56 Å². The van der Waals surface area contributed by atoms with Crippen LogP contribution in [-0.2, 0) is 25.6 Å². The van der Waals surface area contributed by atoms with Gasteiger partial charge in [-0.1, -0.05) is 44.2 Å². The second-order valence-corrected chi connectivity index (χ2v) is 7.35. The van der Waals surface area contributed by atoms with Crippen LogP contribution in [0, 0.1) is 5.92 Å². The summed E-state index contributed by atoms with van der Waals surface area (Å²) in [6.45, 7) is 4.02. The van der Waals surface area contributed by atoms with Gasteiger partial charge in [0.25, 0.3) is 0 Å². The highest BCUT2D eigenvalue weighted by molar-refractivity contribution is 5.94. The van der Waals surface area contributed by atoms with Gasteiger partial charge in [0.1, 0.15) is 18.1 Å². The van der Waals surface area contributed by atoms with Gasteiger partial charge in [0.05, 0.1) is 12.6 Å². The molecule has 10 nitrogen and oxygen atoms in total. The third-order valence-electron chi connectivity index (χ3n) is 4.38. The number of hydrogen-bond acceptors (Lipinski definition) is 6. The smallest absolute Gasteiger partial charge is 0.326 e. The molecule has 10 heteroatoms. The SMILES string of the molecule is CC(N)C(=O)NC(CO)C(=O)NC(Cc1ccccc1)C(=O)NC(C(=O)O)C(C)C. The molecule has 3 amide bonds. The number of carboxylic acids is 1. The molecular formula is C20H30N4O6. The molecule has 0 radical (unpaired) electrons. The second kappa shape index (κ2) is 11.9. The Morgan fingerprint density at radius 2 is 1.43 bits per heavy atom. The van der Waals surface area contributed by atoms with Crippen LogP contribution in [0.2, 0.25) is 0 Å². The molecule has 0 heterocycles. The monoisotopic (exact) mass is 422 g/mol. The highest BCUT2D eigenvalue weighted by Crippen LogP contribution is 2.07. The van der Waals surface area contributed by atoms with Crippen LogP contribution < -0.4 is 21.7 Å². The van der Waals surface area contributed by atoms with Gasteiger partial charge in [-0.15, -0.1) is 0 Å². The predicted molar refractivity (Wildman–Crippen MR) is 109 cm³/mol. The van der Waals surface area contributed by atoms with Gasteiger partial charge in [0.2, 0.25) is 17.7 Å². The van der Waals surface area contributed by atoms with Crippen LogP contribution in [0.15, 0.2) is 30.3 Å². The first-order valence-corrected chi connectivity index (χ1v) is 9.61. The molecular weight excluding hydrogens is 392 g/mol. The van der Waals surface area contributed by atoms with Crippen molar-refractivity contribution >= 4 is 23.7 Å². The third kappa shape index (κ3) is 7.80. The Morgan fingerprint density at radius 1 is 0.900 bits per heavy atom. The zero-order valence-electron chi connectivity index (χ0n) is 17.3. The van der Waals surface area contributed by atoms with Gasteiger partial charge in [-0.05, 0) is 18.4 Å². The molecule has 0 bridgehead atoms. The Labute approximate surface area is 175 Å². The van der Waals surface area contributed by atoms with Gasteiger partial charge in [0, 0.05) is 6.42 Å². The van der Waals surface area contributed by atoms with Crippen LogP contribution in [0.5, 0.6) is 0 Å². The summed E-state index contributed by atoms with van der Waals surface area (Å²) in [6, 6.07) is 4.37. The molecule has 0 fully saturated rings. The van der Waals surface area contributed by atoms with E-state index in [-0.39, 0.29) is 12.3 Å². The van der Waals surface area contributed by atoms with Gasteiger partial charge in [0.15, 0.2) is 0 Å². The van der Waals surface area contributed by atoms with Crippen molar-refractivity contribution in [2.75, 3.05) is 6.61 Å². The largest absolute Gasteiger partial charge is 0.480 e. The van der Waals surface area contributed by atoms with Crippen molar-refractivity contribution in [2.24, 2.45) is 11.7 Å². The molecule has 4 atom stereocenters. The molecule has 0 saturated carbocycles. The van der Waals surface area contributed by atoms with Gasteiger partial charge >= 0.3 is 5.97 Å². The fourth-order valence-electron chi connectivity index (χ4n) is 2.60. The predicted octanol–water partition coefficient (Wildman–Crippen LogP) is -1.24. The molecule has 4 unspecified atom stereocenters. The number of hydrogen-bond donors (Lipinski definition) is 6. The van der Waals surface area contributed by atoms with E-state index in [0.29, 0.717) is 0 Å². The molecule has 0 aliphatic heterocycles. The average molecular weight is 422 g/mol. The maximum Gasteiger partial charge on any atom is 0.326 e. The average Bonchev–Trinajstić information content (AvgIpc) is 2.69. The summed E-state index contributed by atoms with van der Waals surface area (Å²) < 4.78 is 0. The standard InChI is InChI=1S/C20H30N4O6/c1-11(2)16(20(29)30)24-18(27)14(9-13-7-5-4-6-8-13)22-19(28)15(10-25)23-17(26)12(3)21/h4-8,11-12,14-16,25H,9-10,21H2,1-3H3,(H,22,28)(H,23,26)(H,24,27)(H,29,30). The van der Waals surface area contributed by atoms with E-state index in [2.05, 4.69) is 16.0 Å². The summed E-state index contributed by atoms with van der Waals surface area (Å²) >= 11 is 0. The maximum absolute atomic E-state index is 12.8. The third-order valence-corrected chi connectivity index (χ3v) is 4.38. The Bertz CT molecular complexity index is 738. The lowest BCUT2D eigenvalue weighted by Gasteiger charge is -2.25. The maximum atomic E-state index is 12.8. The summed E-state index contributed by atoms with van der Waals surface area (Å²) in [6.07, 6.45) is 0.0855. The van der Waals surface area contributed by atoms with Crippen LogP contribution in [0.4, 0.5) is 0 Å². The number of carbonyl (C=O) groups is 4. The Kier molecular flexibility index (Phi) is 9.93. The Morgan fingerprint density at radius 3 is 1.90 bits per heavy atom. The minimum absolute atomic E-state index is 0.0855. The van der Waals surface area contributed by atoms with E-state index in [1.165, 1.54) is 6.92 Å². The first kappa shape index (κ1) is 25.1. The number of aliphatic carboxylic acids is 1. The summed E-state index contributed by atoms with van der Waals surface area (Å²) in [7, 11) is 0.